The molecule has 2 unspecified atom stereocenters. The van der Waals surface area contributed by atoms with Crippen LogP contribution in [0.25, 0.3) is 0 Å². The number of rotatable bonds is 10. The van der Waals surface area contributed by atoms with E-state index in [1.807, 2.05) is 13.1 Å². The molecular formula is C30H38F4N2O4S2Si. The van der Waals surface area contributed by atoms with Crippen molar-refractivity contribution < 1.29 is 34.6 Å². The molecule has 1 heterocycles. The van der Waals surface area contributed by atoms with Crippen molar-refractivity contribution in [3.05, 3.63) is 95.3 Å². The Morgan fingerprint density at radius 2 is 1.51 bits per heavy atom. The molecule has 13 heteroatoms. The number of hydrogen-bond donors (Lipinski definition) is 1. The number of nitrogens with one attached hydrogen (secondary N) is 1. The van der Waals surface area contributed by atoms with Crippen LogP contribution in [0.4, 0.5) is 17.6 Å². The molecule has 0 saturated carbocycles. The summed E-state index contributed by atoms with van der Waals surface area (Å²) in [5.74, 6) is -2.84. The first kappa shape index (κ1) is 35.0. The average Bonchev–Trinajstić information content (AvgIpc) is 2.91. The number of hydrogen-bond acceptors (Lipinski definition) is 5. The van der Waals surface area contributed by atoms with Crippen molar-refractivity contribution in [2.24, 2.45) is 0 Å². The van der Waals surface area contributed by atoms with E-state index in [0.29, 0.717) is 17.7 Å². The van der Waals surface area contributed by atoms with E-state index in [-0.39, 0.29) is 11.6 Å². The summed E-state index contributed by atoms with van der Waals surface area (Å²) in [5.41, 5.74) is -3.98. The van der Waals surface area contributed by atoms with E-state index >= 15 is 8.78 Å². The summed E-state index contributed by atoms with van der Waals surface area (Å²) in [5, 5.41) is -4.93. The van der Waals surface area contributed by atoms with Crippen LogP contribution in [0.2, 0.25) is 18.1 Å². The van der Waals surface area contributed by atoms with E-state index in [0.717, 1.165) is 24.3 Å². The fourth-order valence-corrected chi connectivity index (χ4v) is 7.27. The highest BCUT2D eigenvalue weighted by atomic mass is 32.2. The summed E-state index contributed by atoms with van der Waals surface area (Å²) < 4.78 is 111. The molecule has 3 rings (SSSR count). The molecule has 0 radical (unpaired) electrons. The van der Waals surface area contributed by atoms with E-state index < -0.39 is 72.5 Å². The Balaban J connectivity index is 2.34. The SMILES string of the molecule is CC(C)(C)S(=O)NC(c1ccc(F)c(F)c1)(c1ccc(CO[Si](C)(C)C(C)(C)C)cn1)C(F)(F)S(=O)(=O)c1ccccc1. The van der Waals surface area contributed by atoms with Crippen LogP contribution in [0.5, 0.6) is 0 Å². The highest BCUT2D eigenvalue weighted by Crippen LogP contribution is 2.49. The molecule has 0 spiro atoms. The lowest BCUT2D eigenvalue weighted by Crippen LogP contribution is -2.62. The predicted octanol–water partition coefficient (Wildman–Crippen LogP) is 7.24. The standard InChI is InChI=1S/C30H38F4N2O4S2Si/c1-27(2,3)41(37)36-29(22-15-16-24(31)25(32)18-22,30(33,34)42(38,39)23-12-10-9-11-13-23)26-17-14-21(19-35-26)20-40-43(7,8)28(4,5)6/h9-19,36H,20H2,1-8H3. The molecular weight excluding hydrogens is 621 g/mol. The normalized spacial score (nSPS) is 15.6. The van der Waals surface area contributed by atoms with Gasteiger partial charge in [-0.3, -0.25) is 4.98 Å². The number of sulfone groups is 1. The lowest BCUT2D eigenvalue weighted by molar-refractivity contribution is 0.0129. The van der Waals surface area contributed by atoms with Crippen LogP contribution in [-0.4, -0.2) is 35.9 Å². The van der Waals surface area contributed by atoms with Crippen molar-refractivity contribution in [2.75, 3.05) is 0 Å². The first-order valence-corrected chi connectivity index (χ1v) is 19.0. The fourth-order valence-electron chi connectivity index (χ4n) is 3.82. The minimum Gasteiger partial charge on any atom is -0.413 e. The van der Waals surface area contributed by atoms with Gasteiger partial charge in [0, 0.05) is 6.20 Å². The largest absolute Gasteiger partial charge is 0.413 e. The predicted molar refractivity (Wildman–Crippen MR) is 163 cm³/mol. The lowest BCUT2D eigenvalue weighted by Gasteiger charge is -2.41. The first-order valence-electron chi connectivity index (χ1n) is 13.5. The second-order valence-electron chi connectivity index (χ2n) is 12.8. The molecule has 0 fully saturated rings. The molecule has 0 saturated heterocycles. The average molecular weight is 659 g/mol. The Morgan fingerprint density at radius 3 is 2.00 bits per heavy atom. The van der Waals surface area contributed by atoms with Crippen LogP contribution < -0.4 is 4.72 Å². The van der Waals surface area contributed by atoms with Gasteiger partial charge >= 0.3 is 5.25 Å². The van der Waals surface area contributed by atoms with Gasteiger partial charge in [-0.15, -0.1) is 0 Å². The lowest BCUT2D eigenvalue weighted by atomic mass is 9.86. The maximum Gasteiger partial charge on any atom is 0.378 e. The zero-order valence-corrected chi connectivity index (χ0v) is 28.1. The van der Waals surface area contributed by atoms with Crippen molar-refractivity contribution in [2.45, 2.75) is 86.7 Å². The molecule has 0 aliphatic rings. The van der Waals surface area contributed by atoms with Gasteiger partial charge in [-0.05, 0) is 80.4 Å². The molecule has 0 amide bonds. The Hall–Kier alpha value is -2.45. The van der Waals surface area contributed by atoms with Crippen molar-refractivity contribution in [1.29, 1.82) is 0 Å². The van der Waals surface area contributed by atoms with Gasteiger partial charge in [0.15, 0.2) is 25.5 Å². The molecule has 0 aliphatic heterocycles. The second-order valence-corrected chi connectivity index (χ2v) is 21.6. The first-order chi connectivity index (χ1) is 19.6. The maximum atomic E-state index is 17.0. The summed E-state index contributed by atoms with van der Waals surface area (Å²) >= 11 is 0. The van der Waals surface area contributed by atoms with Crippen molar-refractivity contribution in [1.82, 2.24) is 9.71 Å². The third kappa shape index (κ3) is 6.80. The number of benzene rings is 2. The molecule has 6 nitrogen and oxygen atoms in total. The van der Waals surface area contributed by atoms with Gasteiger partial charge in [-0.1, -0.05) is 51.1 Å². The van der Waals surface area contributed by atoms with Crippen molar-refractivity contribution in [3.63, 3.8) is 0 Å². The third-order valence-corrected chi connectivity index (χ3v) is 15.6. The molecule has 3 aromatic rings. The summed E-state index contributed by atoms with van der Waals surface area (Å²) in [7, 11) is -10.1. The molecule has 0 aliphatic carbocycles. The van der Waals surface area contributed by atoms with Gasteiger partial charge in [-0.25, -0.2) is 26.1 Å². The quantitative estimate of drug-likeness (QED) is 0.183. The summed E-state index contributed by atoms with van der Waals surface area (Å²) in [6.45, 7) is 14.9. The zero-order valence-electron chi connectivity index (χ0n) is 25.5. The third-order valence-electron chi connectivity index (χ3n) is 7.60. The van der Waals surface area contributed by atoms with E-state index in [4.69, 9.17) is 4.43 Å². The Morgan fingerprint density at radius 1 is 0.907 bits per heavy atom. The van der Waals surface area contributed by atoms with E-state index in [1.165, 1.54) is 51.2 Å². The monoisotopic (exact) mass is 658 g/mol. The van der Waals surface area contributed by atoms with Crippen LogP contribution in [0.3, 0.4) is 0 Å². The van der Waals surface area contributed by atoms with Gasteiger partial charge in [0.2, 0.25) is 9.84 Å². The maximum absolute atomic E-state index is 17.0. The van der Waals surface area contributed by atoms with Crippen LogP contribution >= 0.6 is 0 Å². The fraction of sp³-hybridized carbons (Fsp3) is 0.433. The van der Waals surface area contributed by atoms with Crippen LogP contribution in [0.1, 0.15) is 58.4 Å². The second kappa shape index (κ2) is 12.1. The number of pyridine rings is 1. The molecule has 0 bridgehead atoms. The molecule has 1 aromatic heterocycles. The van der Waals surface area contributed by atoms with E-state index in [2.05, 4.69) is 30.5 Å². The van der Waals surface area contributed by atoms with Crippen LogP contribution in [-0.2, 0) is 37.4 Å². The van der Waals surface area contributed by atoms with Crippen LogP contribution in [0, 0.1) is 11.6 Å². The molecule has 2 atom stereocenters. The topological polar surface area (TPSA) is 85.4 Å². The number of aromatic nitrogens is 1. The Kier molecular flexibility index (Phi) is 9.90. The van der Waals surface area contributed by atoms with Crippen LogP contribution in [0.15, 0.2) is 71.8 Å². The van der Waals surface area contributed by atoms with Gasteiger partial charge in [0.1, 0.15) is 0 Å². The number of nitrogens with zero attached hydrogens (tertiary/aromatic N) is 1. The smallest absolute Gasteiger partial charge is 0.378 e. The Labute approximate surface area is 254 Å². The number of halogens is 4. The van der Waals surface area contributed by atoms with Gasteiger partial charge in [-0.2, -0.15) is 8.78 Å². The summed E-state index contributed by atoms with van der Waals surface area (Å²) in [4.78, 5) is 3.50. The van der Waals surface area contributed by atoms with Gasteiger partial charge in [0.25, 0.3) is 0 Å². The summed E-state index contributed by atoms with van der Waals surface area (Å²) in [6.07, 6.45) is 1.25. The van der Waals surface area contributed by atoms with E-state index in [9.17, 15) is 21.4 Å². The highest BCUT2D eigenvalue weighted by molar-refractivity contribution is 7.92. The number of alkyl halides is 2. The van der Waals surface area contributed by atoms with Crippen molar-refractivity contribution >= 4 is 29.1 Å². The molecule has 1 N–H and O–H groups in total. The van der Waals surface area contributed by atoms with Gasteiger partial charge < -0.3 is 4.43 Å². The highest BCUT2D eigenvalue weighted by Gasteiger charge is 2.67. The summed E-state index contributed by atoms with van der Waals surface area (Å²) in [6, 6.07) is 10.5. The zero-order chi connectivity index (χ0) is 32.6. The molecule has 2 aromatic carbocycles. The molecule has 236 valence electrons. The Bertz CT molecular complexity index is 1570. The van der Waals surface area contributed by atoms with Crippen molar-refractivity contribution in [3.8, 4) is 0 Å². The molecule has 43 heavy (non-hydrogen) atoms. The van der Waals surface area contributed by atoms with E-state index in [1.54, 1.807) is 0 Å². The minimum atomic E-state index is -5.57. The minimum absolute atomic E-state index is 0.100. The van der Waals surface area contributed by atoms with Gasteiger partial charge in [0.05, 0.1) is 32.9 Å².